The number of hydrogen-bond acceptors (Lipinski definition) is 8. The molecule has 1 amide bonds. The van der Waals surface area contributed by atoms with E-state index >= 15 is 0 Å². The number of nitrogens with zero attached hydrogens (tertiary/aromatic N) is 1. The highest BCUT2D eigenvalue weighted by Gasteiger charge is 2.27. The third-order valence-electron chi connectivity index (χ3n) is 7.11. The van der Waals surface area contributed by atoms with Gasteiger partial charge in [0.2, 0.25) is 0 Å². The summed E-state index contributed by atoms with van der Waals surface area (Å²) in [5.41, 5.74) is 3.57. The summed E-state index contributed by atoms with van der Waals surface area (Å²) in [6.07, 6.45) is 0.573. The molecule has 9 nitrogen and oxygen atoms in total. The Morgan fingerprint density at radius 2 is 1.46 bits per heavy atom. The molecule has 5 aromatic rings. The largest absolute Gasteiger partial charge is 0.497 e. The smallest absolute Gasteiger partial charge is 0.305 e. The first kappa shape index (κ1) is 32.1. The minimum Gasteiger partial charge on any atom is -0.497 e. The molecule has 0 fully saturated rings. The van der Waals surface area contributed by atoms with Crippen molar-refractivity contribution in [1.29, 1.82) is 0 Å². The van der Waals surface area contributed by atoms with Gasteiger partial charge in [0, 0.05) is 19.0 Å². The van der Waals surface area contributed by atoms with Crippen molar-refractivity contribution in [3.8, 4) is 39.7 Å². The van der Waals surface area contributed by atoms with E-state index in [2.05, 4.69) is 15.2 Å². The van der Waals surface area contributed by atoms with Gasteiger partial charge in [-0.15, -0.1) is 0 Å². The Bertz CT molecular complexity index is 1760. The van der Waals surface area contributed by atoms with Crippen molar-refractivity contribution >= 4 is 23.5 Å². The van der Waals surface area contributed by atoms with Gasteiger partial charge in [-0.3, -0.25) is 9.59 Å². The summed E-state index contributed by atoms with van der Waals surface area (Å²) in [4.78, 5) is 24.9. The number of rotatable bonds is 14. The summed E-state index contributed by atoms with van der Waals surface area (Å²) in [6, 6.07) is 30.1. The zero-order valence-electron chi connectivity index (χ0n) is 25.5. The monoisotopic (exact) mass is 640 g/mol. The van der Waals surface area contributed by atoms with Crippen LogP contribution in [0.3, 0.4) is 0 Å². The van der Waals surface area contributed by atoms with E-state index in [9.17, 15) is 9.59 Å². The molecule has 0 atom stereocenters. The number of ether oxygens (including phenoxy) is 4. The summed E-state index contributed by atoms with van der Waals surface area (Å²) < 4.78 is 28.4. The number of carbonyl (C=O) groups is 2. The van der Waals surface area contributed by atoms with Crippen LogP contribution in [0.1, 0.15) is 34.5 Å². The fraction of sp³-hybridized carbons (Fsp3) is 0.194. The molecule has 5 rings (SSSR count). The van der Waals surface area contributed by atoms with Crippen LogP contribution in [0, 0.1) is 0 Å². The molecule has 1 heterocycles. The van der Waals surface area contributed by atoms with E-state index in [1.807, 2.05) is 72.8 Å². The molecule has 0 aliphatic heterocycles. The van der Waals surface area contributed by atoms with Gasteiger partial charge in [-0.25, -0.2) is 0 Å². The zero-order chi connectivity index (χ0) is 32.3. The van der Waals surface area contributed by atoms with Crippen LogP contribution in [-0.4, -0.2) is 37.8 Å². The van der Waals surface area contributed by atoms with Gasteiger partial charge >= 0.3 is 5.97 Å². The van der Waals surface area contributed by atoms with Gasteiger partial charge in [-0.2, -0.15) is 0 Å². The molecule has 0 unspecified atom stereocenters. The molecule has 0 saturated carbocycles. The first-order valence-corrected chi connectivity index (χ1v) is 15.0. The Morgan fingerprint density at radius 3 is 2.07 bits per heavy atom. The number of halogens is 1. The number of amides is 1. The summed E-state index contributed by atoms with van der Waals surface area (Å²) in [7, 11) is 2.90. The highest BCUT2D eigenvalue weighted by molar-refractivity contribution is 6.32. The maximum absolute atomic E-state index is 13.4. The average molecular weight is 641 g/mol. The van der Waals surface area contributed by atoms with Crippen LogP contribution in [0.15, 0.2) is 102 Å². The van der Waals surface area contributed by atoms with Gasteiger partial charge < -0.3 is 28.8 Å². The molecule has 0 radical (unpaired) electrons. The molecule has 46 heavy (non-hydrogen) atoms. The van der Waals surface area contributed by atoms with Crippen molar-refractivity contribution in [2.24, 2.45) is 0 Å². The lowest BCUT2D eigenvalue weighted by molar-refractivity contribution is -0.140. The van der Waals surface area contributed by atoms with Crippen molar-refractivity contribution in [2.75, 3.05) is 20.8 Å². The van der Waals surface area contributed by atoms with Gasteiger partial charge in [0.05, 0.1) is 30.4 Å². The number of carbonyl (C=O) groups excluding carboxylic acids is 2. The van der Waals surface area contributed by atoms with Crippen molar-refractivity contribution in [1.82, 2.24) is 10.5 Å². The topological polar surface area (TPSA) is 109 Å². The van der Waals surface area contributed by atoms with Crippen LogP contribution in [0.25, 0.3) is 22.5 Å². The average Bonchev–Trinajstić information content (AvgIpc) is 3.55. The zero-order valence-corrected chi connectivity index (χ0v) is 26.2. The lowest BCUT2D eigenvalue weighted by Crippen LogP contribution is -2.25. The lowest BCUT2D eigenvalue weighted by atomic mass is 9.98. The number of esters is 1. The van der Waals surface area contributed by atoms with Gasteiger partial charge in [0.15, 0.2) is 11.5 Å². The highest BCUT2D eigenvalue weighted by Crippen LogP contribution is 2.44. The second-order valence-electron chi connectivity index (χ2n) is 10.2. The Morgan fingerprint density at radius 1 is 0.826 bits per heavy atom. The molecular weight excluding hydrogens is 608 g/mol. The van der Waals surface area contributed by atoms with E-state index in [4.69, 9.17) is 30.3 Å². The lowest BCUT2D eigenvalue weighted by Gasteiger charge is -2.16. The van der Waals surface area contributed by atoms with Gasteiger partial charge in [0.1, 0.15) is 30.5 Å². The van der Waals surface area contributed by atoms with Crippen molar-refractivity contribution in [2.45, 2.75) is 26.1 Å². The standard InChI is InChI=1S/C36H33ClN2O7/c1-42-27-17-15-26(16-18-27)33-34(36(41)38-19-9-14-32(40)43-2)39-46-35(33)28-20-29(37)31(45-23-25-12-7-4-8-13-25)21-30(28)44-22-24-10-5-3-6-11-24/h3-8,10-13,15-18,20-21H,9,14,19,22-23H2,1-2H3,(H,38,41). The minimum atomic E-state index is -0.466. The summed E-state index contributed by atoms with van der Waals surface area (Å²) in [5, 5.41) is 7.33. The normalized spacial score (nSPS) is 10.7. The SMILES string of the molecule is COC(=O)CCCNC(=O)c1noc(-c2cc(Cl)c(OCc3ccccc3)cc2OCc2ccccc2)c1-c1ccc(OC)cc1. The molecule has 0 bridgehead atoms. The van der Waals surface area contributed by atoms with E-state index in [0.717, 1.165) is 11.1 Å². The molecule has 0 aliphatic rings. The van der Waals surface area contributed by atoms with E-state index in [1.165, 1.54) is 7.11 Å². The summed E-state index contributed by atoms with van der Waals surface area (Å²) in [5.74, 6) is 0.952. The van der Waals surface area contributed by atoms with Gasteiger partial charge in [-0.1, -0.05) is 89.6 Å². The van der Waals surface area contributed by atoms with E-state index in [1.54, 1.807) is 31.4 Å². The minimum absolute atomic E-state index is 0.0628. The third kappa shape index (κ3) is 8.05. The second kappa shape index (κ2) is 15.6. The van der Waals surface area contributed by atoms with E-state index < -0.39 is 5.91 Å². The molecule has 0 aliphatic carbocycles. The fourth-order valence-electron chi connectivity index (χ4n) is 4.69. The molecule has 236 valence electrons. The van der Waals surface area contributed by atoms with Crippen LogP contribution in [0.5, 0.6) is 17.2 Å². The van der Waals surface area contributed by atoms with Crippen molar-refractivity contribution in [3.05, 3.63) is 119 Å². The molecule has 4 aromatic carbocycles. The Kier molecular flexibility index (Phi) is 10.9. The predicted molar refractivity (Wildman–Crippen MR) is 174 cm³/mol. The van der Waals surface area contributed by atoms with Crippen molar-refractivity contribution in [3.63, 3.8) is 0 Å². The maximum Gasteiger partial charge on any atom is 0.305 e. The third-order valence-corrected chi connectivity index (χ3v) is 7.41. The van der Waals surface area contributed by atoms with Crippen LogP contribution in [0.2, 0.25) is 5.02 Å². The van der Waals surface area contributed by atoms with Crippen LogP contribution in [0.4, 0.5) is 0 Å². The summed E-state index contributed by atoms with van der Waals surface area (Å²) in [6.45, 7) is 0.799. The quantitative estimate of drug-likeness (QED) is 0.0981. The van der Waals surface area contributed by atoms with E-state index in [-0.39, 0.29) is 37.0 Å². The predicted octanol–water partition coefficient (Wildman–Crippen LogP) is 7.51. The van der Waals surface area contributed by atoms with Crippen LogP contribution in [-0.2, 0) is 22.7 Å². The van der Waals surface area contributed by atoms with Crippen LogP contribution >= 0.6 is 11.6 Å². The number of hydrogen-bond donors (Lipinski definition) is 1. The van der Waals surface area contributed by atoms with Gasteiger partial charge in [-0.05, 0) is 41.3 Å². The first-order chi connectivity index (χ1) is 22.5. The highest BCUT2D eigenvalue weighted by atomic mass is 35.5. The Labute approximate surface area is 272 Å². The number of nitrogens with one attached hydrogen (secondary N) is 1. The van der Waals surface area contributed by atoms with Gasteiger partial charge in [0.25, 0.3) is 5.91 Å². The molecule has 0 spiro atoms. The van der Waals surface area contributed by atoms with E-state index in [0.29, 0.717) is 52.0 Å². The summed E-state index contributed by atoms with van der Waals surface area (Å²) >= 11 is 6.79. The Balaban J connectivity index is 1.54. The first-order valence-electron chi connectivity index (χ1n) is 14.6. The molecule has 10 heteroatoms. The molecule has 1 N–H and O–H groups in total. The Hall–Kier alpha value is -5.28. The second-order valence-corrected chi connectivity index (χ2v) is 10.6. The number of benzene rings is 4. The van der Waals surface area contributed by atoms with Crippen molar-refractivity contribution < 1.29 is 33.1 Å². The van der Waals surface area contributed by atoms with Crippen LogP contribution < -0.4 is 19.5 Å². The molecule has 1 aromatic heterocycles. The maximum atomic E-state index is 13.4. The number of aromatic nitrogens is 1. The fourth-order valence-corrected chi connectivity index (χ4v) is 4.91. The number of methoxy groups -OCH3 is 2. The molecular formula is C36H33ClN2O7. The molecule has 0 saturated heterocycles.